The first kappa shape index (κ1) is 22.5. The molecule has 0 radical (unpaired) electrons. The Labute approximate surface area is 167 Å². The molecule has 0 bridgehead atoms. The van der Waals surface area contributed by atoms with Crippen molar-refractivity contribution in [2.75, 3.05) is 13.1 Å². The van der Waals surface area contributed by atoms with Crippen LogP contribution in [0.15, 0.2) is 42.7 Å². The number of carbonyl (C=O) groups is 1. The summed E-state index contributed by atoms with van der Waals surface area (Å²) in [6, 6.07) is 10.3. The first-order valence-electron chi connectivity index (χ1n) is 8.65. The van der Waals surface area contributed by atoms with Gasteiger partial charge in [0.25, 0.3) is 0 Å². The minimum atomic E-state index is 0. The third-order valence-electron chi connectivity index (χ3n) is 4.78. The SMILES string of the molecule is CC(C)c1nccn1CCC(=O)N1C[C@@H](N)[C@H](c2ccccc2)C1.Cl.Cl. The number of aromatic nitrogens is 2. The third kappa shape index (κ3) is 5.00. The van der Waals surface area contributed by atoms with Gasteiger partial charge in [-0.3, -0.25) is 4.79 Å². The summed E-state index contributed by atoms with van der Waals surface area (Å²) in [5.41, 5.74) is 7.50. The molecule has 5 nitrogen and oxygen atoms in total. The fourth-order valence-electron chi connectivity index (χ4n) is 3.47. The zero-order chi connectivity index (χ0) is 17.1. The molecule has 0 unspecified atom stereocenters. The van der Waals surface area contributed by atoms with Gasteiger partial charge in [-0.25, -0.2) is 4.98 Å². The van der Waals surface area contributed by atoms with Crippen LogP contribution in [0.5, 0.6) is 0 Å². The smallest absolute Gasteiger partial charge is 0.224 e. The molecular formula is C19H28Cl2N4O. The van der Waals surface area contributed by atoms with Crippen molar-refractivity contribution < 1.29 is 4.79 Å². The highest BCUT2D eigenvalue weighted by molar-refractivity contribution is 5.85. The molecule has 1 aromatic heterocycles. The zero-order valence-electron chi connectivity index (χ0n) is 15.2. The normalized spacial score (nSPS) is 19.2. The average molecular weight is 399 g/mol. The highest BCUT2D eigenvalue weighted by atomic mass is 35.5. The average Bonchev–Trinajstić information content (AvgIpc) is 3.20. The van der Waals surface area contributed by atoms with Crippen molar-refractivity contribution in [3.8, 4) is 0 Å². The van der Waals surface area contributed by atoms with E-state index >= 15 is 0 Å². The number of imidazole rings is 1. The molecule has 26 heavy (non-hydrogen) atoms. The van der Waals surface area contributed by atoms with Gasteiger partial charge in [0.05, 0.1) is 0 Å². The quantitative estimate of drug-likeness (QED) is 0.840. The minimum Gasteiger partial charge on any atom is -0.340 e. The summed E-state index contributed by atoms with van der Waals surface area (Å²) in [7, 11) is 0. The Hall–Kier alpha value is -1.56. The van der Waals surface area contributed by atoms with Crippen LogP contribution in [0.25, 0.3) is 0 Å². The van der Waals surface area contributed by atoms with Gasteiger partial charge in [0.15, 0.2) is 0 Å². The molecule has 1 fully saturated rings. The standard InChI is InChI=1S/C19H26N4O.2ClH/c1-14(2)19-21-9-11-22(19)10-8-18(24)23-12-16(17(20)13-23)15-6-4-3-5-7-15;;/h3-7,9,11,14,16-17H,8,10,12-13,20H2,1-2H3;2*1H/t16-,17+;;/m0../s1. The highest BCUT2D eigenvalue weighted by Crippen LogP contribution is 2.26. The van der Waals surface area contributed by atoms with E-state index in [1.807, 2.05) is 29.3 Å². The molecule has 1 aliphatic rings. The van der Waals surface area contributed by atoms with Crippen molar-refractivity contribution in [3.63, 3.8) is 0 Å². The summed E-state index contributed by atoms with van der Waals surface area (Å²) in [5.74, 6) is 1.79. The number of nitrogens with zero attached hydrogens (tertiary/aromatic N) is 3. The van der Waals surface area contributed by atoms with Gasteiger partial charge in [0.2, 0.25) is 5.91 Å². The number of amides is 1. The van der Waals surface area contributed by atoms with Crippen LogP contribution < -0.4 is 5.73 Å². The van der Waals surface area contributed by atoms with Crippen molar-refractivity contribution in [1.29, 1.82) is 0 Å². The Bertz CT molecular complexity index is 690. The summed E-state index contributed by atoms with van der Waals surface area (Å²) < 4.78 is 2.08. The lowest BCUT2D eigenvalue weighted by Gasteiger charge is -2.17. The molecule has 0 saturated carbocycles. The first-order chi connectivity index (χ1) is 11.6. The molecule has 1 amide bonds. The van der Waals surface area contributed by atoms with Crippen molar-refractivity contribution in [2.24, 2.45) is 5.73 Å². The predicted molar refractivity (Wildman–Crippen MR) is 109 cm³/mol. The monoisotopic (exact) mass is 398 g/mol. The van der Waals surface area contributed by atoms with Gasteiger partial charge in [0.1, 0.15) is 5.82 Å². The molecule has 2 N–H and O–H groups in total. The fourth-order valence-corrected chi connectivity index (χ4v) is 3.47. The number of rotatable bonds is 5. The second-order valence-corrected chi connectivity index (χ2v) is 6.86. The van der Waals surface area contributed by atoms with Gasteiger partial charge in [-0.1, -0.05) is 44.2 Å². The first-order valence-corrected chi connectivity index (χ1v) is 8.65. The van der Waals surface area contributed by atoms with Crippen molar-refractivity contribution in [3.05, 3.63) is 54.1 Å². The molecule has 1 saturated heterocycles. The van der Waals surface area contributed by atoms with Gasteiger partial charge >= 0.3 is 0 Å². The Morgan fingerprint density at radius 1 is 1.23 bits per heavy atom. The van der Waals surface area contributed by atoms with Crippen LogP contribution in [0, 0.1) is 0 Å². The van der Waals surface area contributed by atoms with Gasteiger partial charge in [-0.2, -0.15) is 0 Å². The molecule has 2 heterocycles. The number of aryl methyl sites for hydroxylation is 1. The molecule has 2 atom stereocenters. The van der Waals surface area contributed by atoms with Crippen LogP contribution in [-0.4, -0.2) is 39.5 Å². The van der Waals surface area contributed by atoms with Gasteiger partial charge in [-0.15, -0.1) is 24.8 Å². The molecule has 2 aromatic rings. The maximum atomic E-state index is 12.6. The van der Waals surface area contributed by atoms with E-state index in [0.29, 0.717) is 32.0 Å². The summed E-state index contributed by atoms with van der Waals surface area (Å²) in [6.45, 7) is 6.26. The van der Waals surface area contributed by atoms with Gasteiger partial charge < -0.3 is 15.2 Å². The number of benzene rings is 1. The van der Waals surface area contributed by atoms with Crippen LogP contribution in [0.1, 0.15) is 43.5 Å². The summed E-state index contributed by atoms with van der Waals surface area (Å²) in [4.78, 5) is 18.9. The van der Waals surface area contributed by atoms with E-state index in [0.717, 1.165) is 5.82 Å². The third-order valence-corrected chi connectivity index (χ3v) is 4.78. The number of nitrogens with two attached hydrogens (primary N) is 1. The van der Waals surface area contributed by atoms with Crippen LogP contribution in [0.4, 0.5) is 0 Å². The topological polar surface area (TPSA) is 64.2 Å². The number of hydrogen-bond donors (Lipinski definition) is 1. The van der Waals surface area contributed by atoms with E-state index in [9.17, 15) is 4.79 Å². The molecule has 0 aliphatic carbocycles. The largest absolute Gasteiger partial charge is 0.340 e. The van der Waals surface area contributed by atoms with Crippen LogP contribution >= 0.6 is 24.8 Å². The maximum absolute atomic E-state index is 12.6. The minimum absolute atomic E-state index is 0. The van der Waals surface area contributed by atoms with E-state index < -0.39 is 0 Å². The summed E-state index contributed by atoms with van der Waals surface area (Å²) in [5, 5.41) is 0. The van der Waals surface area contributed by atoms with Crippen molar-refractivity contribution in [2.45, 2.75) is 44.7 Å². The van der Waals surface area contributed by atoms with E-state index in [1.165, 1.54) is 5.56 Å². The lowest BCUT2D eigenvalue weighted by molar-refractivity contribution is -0.130. The molecule has 1 aromatic carbocycles. The second-order valence-electron chi connectivity index (χ2n) is 6.86. The van der Waals surface area contributed by atoms with Crippen LogP contribution in [-0.2, 0) is 11.3 Å². The fraction of sp³-hybridized carbons (Fsp3) is 0.474. The lowest BCUT2D eigenvalue weighted by Crippen LogP contribution is -2.32. The van der Waals surface area contributed by atoms with E-state index in [1.54, 1.807) is 6.20 Å². The van der Waals surface area contributed by atoms with Gasteiger partial charge in [-0.05, 0) is 5.56 Å². The van der Waals surface area contributed by atoms with E-state index in [4.69, 9.17) is 5.73 Å². The maximum Gasteiger partial charge on any atom is 0.224 e. The van der Waals surface area contributed by atoms with Gasteiger partial charge in [0, 0.05) is 56.3 Å². The Morgan fingerprint density at radius 3 is 2.58 bits per heavy atom. The Balaban J connectivity index is 0.00000169. The van der Waals surface area contributed by atoms with Crippen LogP contribution in [0.2, 0.25) is 0 Å². The molecule has 1 aliphatic heterocycles. The number of halogens is 2. The molecule has 144 valence electrons. The van der Waals surface area contributed by atoms with E-state index in [-0.39, 0.29) is 42.7 Å². The molecule has 3 rings (SSSR count). The predicted octanol–water partition coefficient (Wildman–Crippen LogP) is 3.19. The summed E-state index contributed by atoms with van der Waals surface area (Å²) >= 11 is 0. The van der Waals surface area contributed by atoms with Crippen LogP contribution in [0.3, 0.4) is 0 Å². The number of carbonyl (C=O) groups excluding carboxylic acids is 1. The zero-order valence-corrected chi connectivity index (χ0v) is 16.9. The van der Waals surface area contributed by atoms with Crippen molar-refractivity contribution in [1.82, 2.24) is 14.5 Å². The molecule has 7 heteroatoms. The number of likely N-dealkylation sites (tertiary alicyclic amines) is 1. The highest BCUT2D eigenvalue weighted by Gasteiger charge is 2.33. The van der Waals surface area contributed by atoms with E-state index in [2.05, 4.69) is 35.5 Å². The molecule has 0 spiro atoms. The number of hydrogen-bond acceptors (Lipinski definition) is 3. The van der Waals surface area contributed by atoms with Crippen molar-refractivity contribution >= 4 is 30.7 Å². The Morgan fingerprint density at radius 2 is 1.92 bits per heavy atom. The molecular weight excluding hydrogens is 371 g/mol. The second kappa shape index (κ2) is 9.95. The summed E-state index contributed by atoms with van der Waals surface area (Å²) in [6.07, 6.45) is 4.24. The Kier molecular flexibility index (Phi) is 8.60. The lowest BCUT2D eigenvalue weighted by atomic mass is 9.95.